The lowest BCUT2D eigenvalue weighted by atomic mass is 10.1. The fourth-order valence-corrected chi connectivity index (χ4v) is 2.12. The predicted octanol–water partition coefficient (Wildman–Crippen LogP) is 1.63. The molecule has 0 radical (unpaired) electrons. The molecule has 0 spiro atoms. The summed E-state index contributed by atoms with van der Waals surface area (Å²) in [6.45, 7) is 2.69. The van der Waals surface area contributed by atoms with Crippen molar-refractivity contribution in [2.24, 2.45) is 5.10 Å². The minimum atomic E-state index is 0.186. The zero-order valence-corrected chi connectivity index (χ0v) is 12.5. The molecule has 1 aliphatic rings. The molecular weight excluding hydrogens is 272 g/mol. The SMILES string of the molecule is CNC(=S)N/N=C(/C)c1cccc(N2CCCC2=O)c1. The van der Waals surface area contributed by atoms with Crippen LogP contribution in [0.25, 0.3) is 0 Å². The van der Waals surface area contributed by atoms with E-state index in [0.29, 0.717) is 11.5 Å². The molecule has 2 N–H and O–H groups in total. The van der Waals surface area contributed by atoms with E-state index in [9.17, 15) is 4.79 Å². The van der Waals surface area contributed by atoms with E-state index in [-0.39, 0.29) is 5.91 Å². The Bertz CT molecular complexity index is 556. The second kappa shape index (κ2) is 6.47. The van der Waals surface area contributed by atoms with Crippen LogP contribution in [0, 0.1) is 0 Å². The summed E-state index contributed by atoms with van der Waals surface area (Å²) in [5.74, 6) is 0.186. The quantitative estimate of drug-likeness (QED) is 0.505. The third-order valence-corrected chi connectivity index (χ3v) is 3.50. The number of nitrogens with zero attached hydrogens (tertiary/aromatic N) is 2. The second-order valence-electron chi connectivity index (χ2n) is 4.59. The first kappa shape index (κ1) is 14.5. The Labute approximate surface area is 124 Å². The van der Waals surface area contributed by atoms with E-state index in [1.165, 1.54) is 0 Å². The first-order valence-electron chi connectivity index (χ1n) is 6.54. The maximum atomic E-state index is 11.8. The summed E-state index contributed by atoms with van der Waals surface area (Å²) in [5, 5.41) is 7.47. The molecule has 5 nitrogen and oxygen atoms in total. The van der Waals surface area contributed by atoms with Crippen LogP contribution in [0.1, 0.15) is 25.3 Å². The number of benzene rings is 1. The lowest BCUT2D eigenvalue weighted by molar-refractivity contribution is -0.117. The smallest absolute Gasteiger partial charge is 0.227 e. The molecule has 1 aliphatic heterocycles. The van der Waals surface area contributed by atoms with Gasteiger partial charge in [-0.1, -0.05) is 12.1 Å². The molecule has 0 aromatic heterocycles. The van der Waals surface area contributed by atoms with Crippen LogP contribution in [0.5, 0.6) is 0 Å². The monoisotopic (exact) mass is 290 g/mol. The van der Waals surface area contributed by atoms with Crippen molar-refractivity contribution in [1.29, 1.82) is 0 Å². The van der Waals surface area contributed by atoms with E-state index in [4.69, 9.17) is 12.2 Å². The van der Waals surface area contributed by atoms with Crippen LogP contribution in [0.15, 0.2) is 29.4 Å². The molecule has 6 heteroatoms. The molecular formula is C14H18N4OS. The van der Waals surface area contributed by atoms with Crippen LogP contribution >= 0.6 is 12.2 Å². The molecule has 0 unspecified atom stereocenters. The van der Waals surface area contributed by atoms with Crippen LogP contribution in [0.2, 0.25) is 0 Å². The molecule has 0 atom stereocenters. The topological polar surface area (TPSA) is 56.7 Å². The lowest BCUT2D eigenvalue weighted by Crippen LogP contribution is -2.29. The molecule has 0 bridgehead atoms. The summed E-state index contributed by atoms with van der Waals surface area (Å²) < 4.78 is 0. The number of carbonyl (C=O) groups excluding carboxylic acids is 1. The Hall–Kier alpha value is -1.95. The Morgan fingerprint density at radius 2 is 2.25 bits per heavy atom. The summed E-state index contributed by atoms with van der Waals surface area (Å²) >= 11 is 4.97. The van der Waals surface area contributed by atoms with Crippen molar-refractivity contribution in [3.63, 3.8) is 0 Å². The standard InChI is InChI=1S/C14H18N4OS/c1-10(16-17-14(20)15-2)11-5-3-6-12(9-11)18-8-4-7-13(18)19/h3,5-6,9H,4,7-8H2,1-2H3,(H2,15,17,20)/b16-10-. The fourth-order valence-electron chi connectivity index (χ4n) is 2.08. The van der Waals surface area contributed by atoms with Gasteiger partial charge in [-0.25, -0.2) is 0 Å². The molecule has 1 heterocycles. The summed E-state index contributed by atoms with van der Waals surface area (Å²) in [5.41, 5.74) is 5.46. The highest BCUT2D eigenvalue weighted by molar-refractivity contribution is 7.80. The van der Waals surface area contributed by atoms with Gasteiger partial charge in [-0.2, -0.15) is 5.10 Å². The normalized spacial score (nSPS) is 15.4. The van der Waals surface area contributed by atoms with E-state index < -0.39 is 0 Å². The predicted molar refractivity (Wildman–Crippen MR) is 85.0 cm³/mol. The van der Waals surface area contributed by atoms with Crippen molar-refractivity contribution in [3.8, 4) is 0 Å². The van der Waals surface area contributed by atoms with Crippen LogP contribution in [-0.4, -0.2) is 30.3 Å². The maximum Gasteiger partial charge on any atom is 0.227 e. The van der Waals surface area contributed by atoms with Crippen molar-refractivity contribution in [2.45, 2.75) is 19.8 Å². The third kappa shape index (κ3) is 3.33. The van der Waals surface area contributed by atoms with Crippen molar-refractivity contribution < 1.29 is 4.79 Å². The fraction of sp³-hybridized carbons (Fsp3) is 0.357. The van der Waals surface area contributed by atoms with Gasteiger partial charge < -0.3 is 10.2 Å². The van der Waals surface area contributed by atoms with E-state index in [0.717, 1.165) is 29.9 Å². The van der Waals surface area contributed by atoms with Crippen LogP contribution in [-0.2, 0) is 4.79 Å². The largest absolute Gasteiger partial charge is 0.364 e. The Kier molecular flexibility index (Phi) is 4.68. The minimum absolute atomic E-state index is 0.186. The van der Waals surface area contributed by atoms with Gasteiger partial charge in [0.2, 0.25) is 5.91 Å². The second-order valence-corrected chi connectivity index (χ2v) is 5.00. The minimum Gasteiger partial charge on any atom is -0.364 e. The third-order valence-electron chi connectivity index (χ3n) is 3.20. The molecule has 0 saturated carbocycles. The van der Waals surface area contributed by atoms with Gasteiger partial charge in [0, 0.05) is 25.7 Å². The molecule has 0 aliphatic carbocycles. The molecule has 20 heavy (non-hydrogen) atoms. The average Bonchev–Trinajstić information content (AvgIpc) is 2.90. The van der Waals surface area contributed by atoms with Crippen molar-refractivity contribution in [3.05, 3.63) is 29.8 Å². The zero-order valence-electron chi connectivity index (χ0n) is 11.6. The summed E-state index contributed by atoms with van der Waals surface area (Å²) in [7, 11) is 1.74. The molecule has 1 amide bonds. The number of hydrogen-bond acceptors (Lipinski definition) is 3. The van der Waals surface area contributed by atoms with Gasteiger partial charge in [0.1, 0.15) is 0 Å². The van der Waals surface area contributed by atoms with Gasteiger partial charge in [0.25, 0.3) is 0 Å². The number of hydrogen-bond donors (Lipinski definition) is 2. The van der Waals surface area contributed by atoms with Gasteiger partial charge in [-0.05, 0) is 43.3 Å². The molecule has 1 fully saturated rings. The summed E-state index contributed by atoms with van der Waals surface area (Å²) in [6.07, 6.45) is 1.56. The van der Waals surface area contributed by atoms with Gasteiger partial charge >= 0.3 is 0 Å². The summed E-state index contributed by atoms with van der Waals surface area (Å²) in [6, 6.07) is 7.83. The number of carbonyl (C=O) groups is 1. The number of anilines is 1. The Balaban J connectivity index is 2.17. The van der Waals surface area contributed by atoms with Crippen molar-refractivity contribution in [1.82, 2.24) is 10.7 Å². The number of nitrogens with one attached hydrogen (secondary N) is 2. The summed E-state index contributed by atoms with van der Waals surface area (Å²) in [4.78, 5) is 13.6. The molecule has 1 aromatic rings. The van der Waals surface area contributed by atoms with Gasteiger partial charge in [-0.15, -0.1) is 0 Å². The Morgan fingerprint density at radius 3 is 2.90 bits per heavy atom. The molecule has 1 aromatic carbocycles. The van der Waals surface area contributed by atoms with Crippen molar-refractivity contribution >= 4 is 34.6 Å². The number of amides is 1. The van der Waals surface area contributed by atoms with E-state index >= 15 is 0 Å². The number of hydrazone groups is 1. The first-order chi connectivity index (χ1) is 9.61. The lowest BCUT2D eigenvalue weighted by Gasteiger charge is -2.16. The highest BCUT2D eigenvalue weighted by atomic mass is 32.1. The van der Waals surface area contributed by atoms with E-state index in [1.807, 2.05) is 36.1 Å². The molecule has 1 saturated heterocycles. The van der Waals surface area contributed by atoms with Gasteiger partial charge in [-0.3, -0.25) is 10.2 Å². The average molecular weight is 290 g/mol. The van der Waals surface area contributed by atoms with E-state index in [1.54, 1.807) is 7.05 Å². The van der Waals surface area contributed by atoms with Crippen LogP contribution in [0.3, 0.4) is 0 Å². The molecule has 106 valence electrons. The van der Waals surface area contributed by atoms with Crippen LogP contribution < -0.4 is 15.6 Å². The highest BCUT2D eigenvalue weighted by Crippen LogP contribution is 2.22. The van der Waals surface area contributed by atoms with E-state index in [2.05, 4.69) is 15.8 Å². The Morgan fingerprint density at radius 1 is 1.45 bits per heavy atom. The number of thiocarbonyl (C=S) groups is 1. The highest BCUT2D eigenvalue weighted by Gasteiger charge is 2.21. The zero-order chi connectivity index (χ0) is 14.5. The molecule has 2 rings (SSSR count). The van der Waals surface area contributed by atoms with Crippen molar-refractivity contribution in [2.75, 3.05) is 18.5 Å². The first-order valence-corrected chi connectivity index (χ1v) is 6.95. The van der Waals surface area contributed by atoms with Gasteiger partial charge in [0.05, 0.1) is 5.71 Å². The maximum absolute atomic E-state index is 11.8. The number of rotatable bonds is 3. The van der Waals surface area contributed by atoms with Crippen LogP contribution in [0.4, 0.5) is 5.69 Å². The van der Waals surface area contributed by atoms with Gasteiger partial charge in [0.15, 0.2) is 5.11 Å².